The van der Waals surface area contributed by atoms with Crippen LogP contribution in [0.3, 0.4) is 0 Å². The lowest BCUT2D eigenvalue weighted by Gasteiger charge is -2.19. The molecule has 0 saturated carbocycles. The molecule has 74 valence electrons. The van der Waals surface area contributed by atoms with Gasteiger partial charge >= 0.3 is 0 Å². The smallest absolute Gasteiger partial charge is 0.235 e. The summed E-state index contributed by atoms with van der Waals surface area (Å²) in [5, 5.41) is 0. The minimum atomic E-state index is -0.483. The summed E-state index contributed by atoms with van der Waals surface area (Å²) in [6.07, 6.45) is 1.04. The van der Waals surface area contributed by atoms with E-state index in [9.17, 15) is 9.59 Å². The van der Waals surface area contributed by atoms with Crippen molar-refractivity contribution in [3.8, 4) is 0 Å². The number of rotatable bonds is 3. The van der Waals surface area contributed by atoms with E-state index in [0.717, 1.165) is 0 Å². The fraction of sp³-hybridized carbons (Fsp3) is 0.778. The van der Waals surface area contributed by atoms with E-state index in [1.54, 1.807) is 0 Å². The highest BCUT2D eigenvalue weighted by molar-refractivity contribution is 6.18. The van der Waals surface area contributed by atoms with Crippen LogP contribution in [0.4, 0.5) is 0 Å². The number of amides is 2. The van der Waals surface area contributed by atoms with E-state index < -0.39 is 5.41 Å². The highest BCUT2D eigenvalue weighted by atomic mass is 35.5. The van der Waals surface area contributed by atoms with Crippen LogP contribution in [0.1, 0.15) is 26.7 Å². The highest BCUT2D eigenvalue weighted by Gasteiger charge is 2.46. The Kier molecular flexibility index (Phi) is 2.96. The molecule has 0 N–H and O–H groups in total. The van der Waals surface area contributed by atoms with Gasteiger partial charge in [0.15, 0.2) is 0 Å². The number of likely N-dealkylation sites (tertiary alicyclic amines) is 1. The first-order chi connectivity index (χ1) is 6.05. The van der Waals surface area contributed by atoms with Crippen LogP contribution < -0.4 is 0 Å². The summed E-state index contributed by atoms with van der Waals surface area (Å²) in [5.41, 5.74) is -0.483. The lowest BCUT2D eigenvalue weighted by Crippen LogP contribution is -2.35. The van der Waals surface area contributed by atoms with Crippen molar-refractivity contribution in [2.24, 2.45) is 5.41 Å². The van der Waals surface area contributed by atoms with Gasteiger partial charge in [0.05, 0.1) is 5.41 Å². The fourth-order valence-electron chi connectivity index (χ4n) is 1.53. The zero-order valence-electron chi connectivity index (χ0n) is 7.97. The summed E-state index contributed by atoms with van der Waals surface area (Å²) in [6, 6.07) is 0. The molecule has 0 spiro atoms. The summed E-state index contributed by atoms with van der Waals surface area (Å²) in [4.78, 5) is 24.4. The fourth-order valence-corrected chi connectivity index (χ4v) is 1.70. The maximum absolute atomic E-state index is 11.7. The number of nitrogens with zero attached hydrogens (tertiary/aromatic N) is 1. The number of imide groups is 1. The van der Waals surface area contributed by atoms with Gasteiger partial charge in [-0.25, -0.2) is 0 Å². The van der Waals surface area contributed by atoms with E-state index in [1.165, 1.54) is 4.90 Å². The molecule has 1 saturated heterocycles. The Hall–Kier alpha value is -0.570. The summed E-state index contributed by atoms with van der Waals surface area (Å²) in [5.74, 6) is 0.160. The quantitative estimate of drug-likeness (QED) is 0.514. The van der Waals surface area contributed by atoms with Gasteiger partial charge < -0.3 is 0 Å². The van der Waals surface area contributed by atoms with Crippen molar-refractivity contribution in [1.29, 1.82) is 0 Å². The molecule has 1 heterocycles. The molecule has 0 aromatic heterocycles. The molecule has 3 nitrogen and oxygen atoms in total. The van der Waals surface area contributed by atoms with Crippen molar-refractivity contribution >= 4 is 23.4 Å². The number of carbonyl (C=O) groups is 2. The van der Waals surface area contributed by atoms with Crippen LogP contribution >= 0.6 is 11.6 Å². The maximum atomic E-state index is 11.7. The number of hydrogen-bond acceptors (Lipinski definition) is 2. The zero-order valence-corrected chi connectivity index (χ0v) is 8.73. The molecule has 0 bridgehead atoms. The van der Waals surface area contributed by atoms with Gasteiger partial charge in [0.2, 0.25) is 11.8 Å². The number of alkyl halides is 1. The highest BCUT2D eigenvalue weighted by Crippen LogP contribution is 2.35. The molecule has 1 aliphatic heterocycles. The minimum Gasteiger partial charge on any atom is -0.281 e. The van der Waals surface area contributed by atoms with Crippen molar-refractivity contribution in [2.75, 3.05) is 12.4 Å². The third-order valence-electron chi connectivity index (χ3n) is 2.69. The Bertz CT molecular complexity index is 242. The molecule has 2 amide bonds. The van der Waals surface area contributed by atoms with Crippen LogP contribution in [0, 0.1) is 5.41 Å². The standard InChI is InChI=1S/C9H14ClNO2/c1-3-9(2)6-7(12)11(5-4-10)8(9)13/h3-6H2,1-2H3. The largest absolute Gasteiger partial charge is 0.281 e. The Morgan fingerprint density at radius 1 is 1.54 bits per heavy atom. The molecule has 0 aliphatic carbocycles. The van der Waals surface area contributed by atoms with Crippen LogP contribution in [-0.2, 0) is 9.59 Å². The van der Waals surface area contributed by atoms with E-state index in [1.807, 2.05) is 13.8 Å². The molecule has 1 aliphatic rings. The molecule has 13 heavy (non-hydrogen) atoms. The van der Waals surface area contributed by atoms with Crippen LogP contribution in [0.5, 0.6) is 0 Å². The van der Waals surface area contributed by atoms with E-state index in [-0.39, 0.29) is 11.8 Å². The lowest BCUT2D eigenvalue weighted by molar-refractivity contribution is -0.140. The second-order valence-corrected chi connectivity index (χ2v) is 4.01. The average molecular weight is 204 g/mol. The van der Waals surface area contributed by atoms with E-state index in [4.69, 9.17) is 11.6 Å². The third kappa shape index (κ3) is 1.70. The minimum absolute atomic E-state index is 0.0688. The van der Waals surface area contributed by atoms with Gasteiger partial charge in [-0.1, -0.05) is 13.8 Å². The molecule has 0 aromatic carbocycles. The molecule has 1 rings (SSSR count). The van der Waals surface area contributed by atoms with Crippen LogP contribution in [0.2, 0.25) is 0 Å². The first kappa shape index (κ1) is 10.5. The van der Waals surface area contributed by atoms with Crippen molar-refractivity contribution in [3.05, 3.63) is 0 Å². The van der Waals surface area contributed by atoms with Gasteiger partial charge in [0.1, 0.15) is 0 Å². The Morgan fingerprint density at radius 2 is 2.15 bits per heavy atom. The topological polar surface area (TPSA) is 37.4 Å². The van der Waals surface area contributed by atoms with Crippen molar-refractivity contribution in [3.63, 3.8) is 0 Å². The Morgan fingerprint density at radius 3 is 2.54 bits per heavy atom. The van der Waals surface area contributed by atoms with Crippen molar-refractivity contribution in [1.82, 2.24) is 4.90 Å². The van der Waals surface area contributed by atoms with Crippen LogP contribution in [0.25, 0.3) is 0 Å². The first-order valence-electron chi connectivity index (χ1n) is 4.46. The monoisotopic (exact) mass is 203 g/mol. The SMILES string of the molecule is CCC1(C)CC(=O)N(CCCl)C1=O. The summed E-state index contributed by atoms with van der Waals surface area (Å²) >= 11 is 5.50. The van der Waals surface area contributed by atoms with E-state index >= 15 is 0 Å². The first-order valence-corrected chi connectivity index (χ1v) is 4.99. The van der Waals surface area contributed by atoms with Gasteiger partial charge in [-0.2, -0.15) is 0 Å². The van der Waals surface area contributed by atoms with Gasteiger partial charge in [0.25, 0.3) is 0 Å². The molecule has 4 heteroatoms. The maximum Gasteiger partial charge on any atom is 0.235 e. The molecule has 1 fully saturated rings. The summed E-state index contributed by atoms with van der Waals surface area (Å²) in [6.45, 7) is 4.10. The van der Waals surface area contributed by atoms with Gasteiger partial charge in [0, 0.05) is 18.8 Å². The van der Waals surface area contributed by atoms with Crippen LogP contribution in [-0.4, -0.2) is 29.1 Å². The second kappa shape index (κ2) is 3.66. The molecular formula is C9H14ClNO2. The van der Waals surface area contributed by atoms with Gasteiger partial charge in [-0.3, -0.25) is 14.5 Å². The molecule has 1 atom stereocenters. The number of hydrogen-bond donors (Lipinski definition) is 0. The summed E-state index contributed by atoms with van der Waals surface area (Å²) in [7, 11) is 0. The Labute approximate surface area is 83.0 Å². The lowest BCUT2D eigenvalue weighted by atomic mass is 9.86. The van der Waals surface area contributed by atoms with E-state index in [2.05, 4.69) is 0 Å². The molecular weight excluding hydrogens is 190 g/mol. The zero-order chi connectivity index (χ0) is 10.1. The van der Waals surface area contributed by atoms with Crippen LogP contribution in [0.15, 0.2) is 0 Å². The predicted molar refractivity (Wildman–Crippen MR) is 50.5 cm³/mol. The second-order valence-electron chi connectivity index (χ2n) is 3.63. The van der Waals surface area contributed by atoms with E-state index in [0.29, 0.717) is 25.3 Å². The molecule has 0 radical (unpaired) electrons. The molecule has 0 aromatic rings. The number of halogens is 1. The van der Waals surface area contributed by atoms with Crippen molar-refractivity contribution < 1.29 is 9.59 Å². The number of carbonyl (C=O) groups excluding carboxylic acids is 2. The van der Waals surface area contributed by atoms with Gasteiger partial charge in [-0.15, -0.1) is 11.6 Å². The van der Waals surface area contributed by atoms with Gasteiger partial charge in [-0.05, 0) is 6.42 Å². The van der Waals surface area contributed by atoms with Crippen molar-refractivity contribution in [2.45, 2.75) is 26.7 Å². The molecule has 1 unspecified atom stereocenters. The third-order valence-corrected chi connectivity index (χ3v) is 2.86. The predicted octanol–water partition coefficient (Wildman–Crippen LogP) is 1.40. The normalized spacial score (nSPS) is 28.7. The summed E-state index contributed by atoms with van der Waals surface area (Å²) < 4.78 is 0. The average Bonchev–Trinajstić information content (AvgIpc) is 2.31. The Balaban J connectivity index is 2.81.